The lowest BCUT2D eigenvalue weighted by Crippen LogP contribution is -2.36. The van der Waals surface area contributed by atoms with Crippen molar-refractivity contribution < 1.29 is 17.6 Å². The normalized spacial score (nSPS) is 16.0. The molecular formula is C24H33FN4O3S. The summed E-state index contributed by atoms with van der Waals surface area (Å²) >= 11 is 0. The van der Waals surface area contributed by atoms with Gasteiger partial charge in [0.15, 0.2) is 0 Å². The number of carbonyl (C=O) groups excluding carboxylic acids is 1. The van der Waals surface area contributed by atoms with Crippen molar-refractivity contribution >= 4 is 21.6 Å². The molecule has 0 spiro atoms. The average Bonchev–Trinajstić information content (AvgIpc) is 3.01. The van der Waals surface area contributed by atoms with E-state index in [0.717, 1.165) is 26.1 Å². The van der Waals surface area contributed by atoms with Gasteiger partial charge in [-0.25, -0.2) is 12.8 Å². The predicted octanol–water partition coefficient (Wildman–Crippen LogP) is 3.00. The van der Waals surface area contributed by atoms with Crippen LogP contribution in [-0.2, 0) is 21.4 Å². The molecule has 0 aliphatic carbocycles. The molecule has 7 nitrogen and oxygen atoms in total. The Kier molecular flexibility index (Phi) is 8.96. The Labute approximate surface area is 196 Å². The van der Waals surface area contributed by atoms with Crippen molar-refractivity contribution in [1.82, 2.24) is 14.1 Å². The monoisotopic (exact) mass is 476 g/mol. The highest BCUT2D eigenvalue weighted by molar-refractivity contribution is 7.89. The van der Waals surface area contributed by atoms with Crippen LogP contribution in [0.15, 0.2) is 53.4 Å². The van der Waals surface area contributed by atoms with Gasteiger partial charge in [0.2, 0.25) is 15.9 Å². The number of sulfonamides is 1. The molecule has 1 heterocycles. The van der Waals surface area contributed by atoms with E-state index in [0.29, 0.717) is 37.4 Å². The maximum Gasteiger partial charge on any atom is 0.243 e. The number of nitrogens with one attached hydrogen (secondary N) is 1. The van der Waals surface area contributed by atoms with Gasteiger partial charge in [-0.1, -0.05) is 38.1 Å². The van der Waals surface area contributed by atoms with Gasteiger partial charge in [-0.15, -0.1) is 0 Å². The van der Waals surface area contributed by atoms with Crippen LogP contribution >= 0.6 is 0 Å². The smallest absolute Gasteiger partial charge is 0.243 e. The average molecular weight is 477 g/mol. The van der Waals surface area contributed by atoms with Crippen molar-refractivity contribution in [3.8, 4) is 0 Å². The Morgan fingerprint density at radius 2 is 1.70 bits per heavy atom. The van der Waals surface area contributed by atoms with Crippen molar-refractivity contribution in [2.75, 3.05) is 51.1 Å². The number of hydrogen-bond donors (Lipinski definition) is 1. The molecule has 2 aromatic rings. The van der Waals surface area contributed by atoms with Crippen molar-refractivity contribution in [3.63, 3.8) is 0 Å². The van der Waals surface area contributed by atoms with Gasteiger partial charge < -0.3 is 5.32 Å². The third kappa shape index (κ3) is 6.83. The Hall–Kier alpha value is -2.33. The van der Waals surface area contributed by atoms with Crippen LogP contribution < -0.4 is 5.32 Å². The maximum absolute atomic E-state index is 14.0. The number of nitrogens with zero attached hydrogens (tertiary/aromatic N) is 3. The molecule has 0 bridgehead atoms. The Morgan fingerprint density at radius 3 is 2.42 bits per heavy atom. The zero-order valence-corrected chi connectivity index (χ0v) is 20.2. The first-order valence-electron chi connectivity index (χ1n) is 11.4. The standard InChI is InChI=1S/C24H33FN4O3S/c1-3-29(4-2)33(31,32)22-11-7-10-21(17-22)26-24(30)19-28-14-8-13-27(15-16-28)18-20-9-5-6-12-23(20)25/h5-7,9-12,17H,3-4,8,13-16,18-19H2,1-2H3,(H,26,30). The van der Waals surface area contributed by atoms with Crippen LogP contribution in [0.3, 0.4) is 0 Å². The largest absolute Gasteiger partial charge is 0.325 e. The molecule has 0 unspecified atom stereocenters. The Morgan fingerprint density at radius 1 is 1.00 bits per heavy atom. The first kappa shape index (κ1) is 25.3. The maximum atomic E-state index is 14.0. The fourth-order valence-corrected chi connectivity index (χ4v) is 5.56. The van der Waals surface area contributed by atoms with Crippen LogP contribution in [-0.4, -0.2) is 74.2 Å². The third-order valence-electron chi connectivity index (χ3n) is 5.86. The highest BCUT2D eigenvalue weighted by Crippen LogP contribution is 2.20. The van der Waals surface area contributed by atoms with Gasteiger partial charge in [-0.2, -0.15) is 4.31 Å². The molecule has 0 aromatic heterocycles. The van der Waals surface area contributed by atoms with Gasteiger partial charge in [-0.05, 0) is 43.8 Å². The molecule has 0 saturated carbocycles. The molecule has 1 aliphatic rings. The molecule has 1 aliphatic heterocycles. The zero-order chi connectivity index (χ0) is 23.8. The molecule has 1 amide bonds. The summed E-state index contributed by atoms with van der Waals surface area (Å²) in [6.07, 6.45) is 0.888. The summed E-state index contributed by atoms with van der Waals surface area (Å²) in [6.45, 7) is 8.22. The molecular weight excluding hydrogens is 443 g/mol. The Balaban J connectivity index is 1.55. The van der Waals surface area contributed by atoms with Gasteiger partial charge in [0.05, 0.1) is 11.4 Å². The van der Waals surface area contributed by atoms with E-state index >= 15 is 0 Å². The summed E-state index contributed by atoms with van der Waals surface area (Å²) in [7, 11) is -3.59. The van der Waals surface area contributed by atoms with Crippen LogP contribution in [0.1, 0.15) is 25.8 Å². The highest BCUT2D eigenvalue weighted by atomic mass is 32.2. The molecule has 1 saturated heterocycles. The quantitative estimate of drug-likeness (QED) is 0.602. The lowest BCUT2D eigenvalue weighted by atomic mass is 10.2. The lowest BCUT2D eigenvalue weighted by molar-refractivity contribution is -0.117. The first-order valence-corrected chi connectivity index (χ1v) is 12.9. The van der Waals surface area contributed by atoms with E-state index in [2.05, 4.69) is 15.1 Å². The summed E-state index contributed by atoms with van der Waals surface area (Å²) in [6, 6.07) is 13.2. The Bertz CT molecular complexity index is 1040. The van der Waals surface area contributed by atoms with Gasteiger partial charge >= 0.3 is 0 Å². The summed E-state index contributed by atoms with van der Waals surface area (Å²) in [4.78, 5) is 17.1. The minimum absolute atomic E-state index is 0.169. The van der Waals surface area contributed by atoms with E-state index in [1.54, 1.807) is 44.2 Å². The minimum atomic E-state index is -3.59. The molecule has 9 heteroatoms. The van der Waals surface area contributed by atoms with E-state index in [9.17, 15) is 17.6 Å². The molecule has 2 aromatic carbocycles. The van der Waals surface area contributed by atoms with Gasteiger partial charge in [-0.3, -0.25) is 14.6 Å². The number of carbonyl (C=O) groups is 1. The first-order chi connectivity index (χ1) is 15.8. The second kappa shape index (κ2) is 11.7. The van der Waals surface area contributed by atoms with E-state index < -0.39 is 10.0 Å². The van der Waals surface area contributed by atoms with E-state index in [1.807, 2.05) is 6.07 Å². The molecule has 0 radical (unpaired) electrons. The molecule has 180 valence electrons. The summed E-state index contributed by atoms with van der Waals surface area (Å²) in [5.74, 6) is -0.377. The van der Waals surface area contributed by atoms with E-state index in [1.165, 1.54) is 16.4 Å². The lowest BCUT2D eigenvalue weighted by Gasteiger charge is -2.22. The number of rotatable bonds is 9. The SMILES string of the molecule is CCN(CC)S(=O)(=O)c1cccc(NC(=O)CN2CCCN(Cc3ccccc3F)CC2)c1. The third-order valence-corrected chi connectivity index (χ3v) is 7.91. The zero-order valence-electron chi connectivity index (χ0n) is 19.3. The van der Waals surface area contributed by atoms with Crippen molar-refractivity contribution in [1.29, 1.82) is 0 Å². The fraction of sp³-hybridized carbons (Fsp3) is 0.458. The van der Waals surface area contributed by atoms with Crippen molar-refractivity contribution in [2.45, 2.75) is 31.7 Å². The molecule has 3 rings (SSSR count). The van der Waals surface area contributed by atoms with Gasteiger partial charge in [0, 0.05) is 44.0 Å². The van der Waals surface area contributed by atoms with Crippen LogP contribution in [0.5, 0.6) is 0 Å². The predicted molar refractivity (Wildman–Crippen MR) is 128 cm³/mol. The van der Waals surface area contributed by atoms with Crippen LogP contribution in [0.25, 0.3) is 0 Å². The van der Waals surface area contributed by atoms with Crippen LogP contribution in [0.2, 0.25) is 0 Å². The van der Waals surface area contributed by atoms with Gasteiger partial charge in [0.1, 0.15) is 5.82 Å². The highest BCUT2D eigenvalue weighted by Gasteiger charge is 2.22. The molecule has 33 heavy (non-hydrogen) atoms. The number of amides is 1. The van der Waals surface area contributed by atoms with Gasteiger partial charge in [0.25, 0.3) is 0 Å². The second-order valence-electron chi connectivity index (χ2n) is 8.16. The van der Waals surface area contributed by atoms with E-state index in [4.69, 9.17) is 0 Å². The molecule has 1 N–H and O–H groups in total. The van der Waals surface area contributed by atoms with Crippen LogP contribution in [0, 0.1) is 5.82 Å². The summed E-state index contributed by atoms with van der Waals surface area (Å²) in [5.41, 5.74) is 1.15. The van der Waals surface area contributed by atoms with Crippen molar-refractivity contribution in [2.24, 2.45) is 0 Å². The summed E-state index contributed by atoms with van der Waals surface area (Å²) in [5, 5.41) is 2.83. The molecule has 1 fully saturated rings. The fourth-order valence-electron chi connectivity index (χ4n) is 4.06. The number of halogens is 1. The summed E-state index contributed by atoms with van der Waals surface area (Å²) < 4.78 is 40.8. The van der Waals surface area contributed by atoms with Crippen molar-refractivity contribution in [3.05, 3.63) is 59.9 Å². The number of benzene rings is 2. The number of hydrogen-bond acceptors (Lipinski definition) is 5. The molecule has 0 atom stereocenters. The van der Waals surface area contributed by atoms with E-state index in [-0.39, 0.29) is 23.2 Å². The topological polar surface area (TPSA) is 73.0 Å². The second-order valence-corrected chi connectivity index (χ2v) is 10.1. The van der Waals surface area contributed by atoms with Crippen LogP contribution in [0.4, 0.5) is 10.1 Å². The minimum Gasteiger partial charge on any atom is -0.325 e. The number of anilines is 1.